The smallest absolute Gasteiger partial charge is 0.243 e. The Morgan fingerprint density at radius 1 is 1.13 bits per heavy atom. The summed E-state index contributed by atoms with van der Waals surface area (Å²) in [6.07, 6.45) is 3.53. The van der Waals surface area contributed by atoms with E-state index in [4.69, 9.17) is 12.2 Å². The quantitative estimate of drug-likeness (QED) is 0.546. The Bertz CT molecular complexity index is 1110. The van der Waals surface area contributed by atoms with E-state index in [-0.39, 0.29) is 0 Å². The van der Waals surface area contributed by atoms with Gasteiger partial charge in [0.2, 0.25) is 16.0 Å². The van der Waals surface area contributed by atoms with E-state index in [1.807, 2.05) is 23.6 Å². The Morgan fingerprint density at radius 2 is 1.90 bits per heavy atom. The van der Waals surface area contributed by atoms with Crippen LogP contribution < -0.4 is 10.6 Å². The highest BCUT2D eigenvalue weighted by molar-refractivity contribution is 7.89. The molecule has 4 rings (SSSR count). The molecular formula is C20H21N5O2S3. The highest BCUT2D eigenvalue weighted by Crippen LogP contribution is 2.23. The second-order valence-electron chi connectivity index (χ2n) is 6.81. The average Bonchev–Trinajstić information content (AvgIpc) is 3.47. The van der Waals surface area contributed by atoms with Gasteiger partial charge in [-0.1, -0.05) is 18.2 Å². The number of anilines is 1. The lowest BCUT2D eigenvalue weighted by Crippen LogP contribution is -2.29. The first-order chi connectivity index (χ1) is 14.5. The zero-order valence-electron chi connectivity index (χ0n) is 16.1. The highest BCUT2D eigenvalue weighted by atomic mass is 32.2. The van der Waals surface area contributed by atoms with Gasteiger partial charge in [0.1, 0.15) is 0 Å². The van der Waals surface area contributed by atoms with E-state index in [1.165, 1.54) is 0 Å². The molecule has 0 atom stereocenters. The first-order valence-corrected chi connectivity index (χ1v) is 12.3. The average molecular weight is 460 g/mol. The molecule has 1 aromatic carbocycles. The van der Waals surface area contributed by atoms with Gasteiger partial charge in [0, 0.05) is 25.8 Å². The summed E-state index contributed by atoms with van der Waals surface area (Å²) in [7, 11) is -3.39. The van der Waals surface area contributed by atoms with Crippen LogP contribution >= 0.6 is 23.6 Å². The maximum atomic E-state index is 12.6. The number of rotatable bonds is 6. The van der Waals surface area contributed by atoms with Crippen molar-refractivity contribution in [1.29, 1.82) is 0 Å². The Kier molecular flexibility index (Phi) is 6.38. The molecule has 3 heterocycles. The van der Waals surface area contributed by atoms with Crippen LogP contribution in [0.15, 0.2) is 58.9 Å². The third kappa shape index (κ3) is 4.84. The molecule has 30 heavy (non-hydrogen) atoms. The van der Waals surface area contributed by atoms with Gasteiger partial charge in [-0.25, -0.2) is 18.4 Å². The van der Waals surface area contributed by atoms with Crippen LogP contribution in [-0.4, -0.2) is 40.9 Å². The zero-order chi connectivity index (χ0) is 21.0. The first-order valence-electron chi connectivity index (χ1n) is 9.53. The van der Waals surface area contributed by atoms with Gasteiger partial charge in [-0.05, 0) is 60.3 Å². The zero-order valence-corrected chi connectivity index (χ0v) is 18.6. The van der Waals surface area contributed by atoms with E-state index >= 15 is 0 Å². The molecular weight excluding hydrogens is 438 g/mol. The Hall–Kier alpha value is -2.40. The minimum atomic E-state index is -3.39. The fourth-order valence-corrected chi connectivity index (χ4v) is 5.54. The van der Waals surface area contributed by atoms with Crippen molar-refractivity contribution in [2.45, 2.75) is 24.3 Å². The fourth-order valence-electron chi connectivity index (χ4n) is 3.17. The lowest BCUT2D eigenvalue weighted by Gasteiger charge is -2.16. The first kappa shape index (κ1) is 20.9. The van der Waals surface area contributed by atoms with Gasteiger partial charge in [-0.2, -0.15) is 4.31 Å². The van der Waals surface area contributed by atoms with Crippen LogP contribution in [0.4, 0.5) is 5.95 Å². The van der Waals surface area contributed by atoms with Crippen molar-refractivity contribution in [1.82, 2.24) is 19.6 Å². The number of thiocarbonyl (C=S) groups is 1. The number of benzene rings is 1. The maximum Gasteiger partial charge on any atom is 0.243 e. The maximum absolute atomic E-state index is 12.6. The van der Waals surface area contributed by atoms with E-state index in [9.17, 15) is 8.42 Å². The molecule has 7 nitrogen and oxygen atoms in total. The van der Waals surface area contributed by atoms with Crippen molar-refractivity contribution in [3.8, 4) is 10.6 Å². The van der Waals surface area contributed by atoms with Gasteiger partial charge in [0.05, 0.1) is 15.5 Å². The van der Waals surface area contributed by atoms with Gasteiger partial charge in [0.15, 0.2) is 5.11 Å². The third-order valence-corrected chi connectivity index (χ3v) is 7.79. The van der Waals surface area contributed by atoms with Crippen molar-refractivity contribution in [2.75, 3.05) is 18.4 Å². The predicted molar refractivity (Wildman–Crippen MR) is 123 cm³/mol. The largest absolute Gasteiger partial charge is 0.358 e. The van der Waals surface area contributed by atoms with E-state index in [1.54, 1.807) is 46.1 Å². The molecule has 0 aliphatic carbocycles. The summed E-state index contributed by atoms with van der Waals surface area (Å²) >= 11 is 6.94. The highest BCUT2D eigenvalue weighted by Gasteiger charge is 2.26. The van der Waals surface area contributed by atoms with E-state index < -0.39 is 10.0 Å². The molecule has 0 radical (unpaired) electrons. The van der Waals surface area contributed by atoms with Crippen molar-refractivity contribution in [3.05, 3.63) is 59.6 Å². The molecule has 1 aliphatic heterocycles. The summed E-state index contributed by atoms with van der Waals surface area (Å²) in [6, 6.07) is 12.7. The molecule has 0 spiro atoms. The van der Waals surface area contributed by atoms with Crippen molar-refractivity contribution in [3.63, 3.8) is 0 Å². The minimum Gasteiger partial charge on any atom is -0.358 e. The Balaban J connectivity index is 1.34. The molecule has 2 aromatic heterocycles. The summed E-state index contributed by atoms with van der Waals surface area (Å²) in [6.45, 7) is 1.66. The molecule has 0 saturated carbocycles. The van der Waals surface area contributed by atoms with Gasteiger partial charge in [-0.3, -0.25) is 0 Å². The van der Waals surface area contributed by atoms with Crippen LogP contribution in [0.1, 0.15) is 18.4 Å². The van der Waals surface area contributed by atoms with Crippen LogP contribution in [-0.2, 0) is 16.6 Å². The van der Waals surface area contributed by atoms with Crippen LogP contribution in [0, 0.1) is 0 Å². The monoisotopic (exact) mass is 459 g/mol. The SMILES string of the molecule is O=S(=O)(c1ccc(CNC(=S)Nc2nccc(-c3cccs3)n2)cc1)N1CCCC1. The molecule has 3 aromatic rings. The van der Waals surface area contributed by atoms with Crippen LogP contribution in [0.2, 0.25) is 0 Å². The van der Waals surface area contributed by atoms with Crippen LogP contribution in [0.5, 0.6) is 0 Å². The van der Waals surface area contributed by atoms with Gasteiger partial charge >= 0.3 is 0 Å². The molecule has 1 aliphatic rings. The molecule has 0 amide bonds. The summed E-state index contributed by atoms with van der Waals surface area (Å²) in [4.78, 5) is 10.1. The van der Waals surface area contributed by atoms with Crippen molar-refractivity contribution < 1.29 is 8.42 Å². The third-order valence-electron chi connectivity index (χ3n) is 4.73. The normalized spacial score (nSPS) is 14.5. The second kappa shape index (κ2) is 9.17. The lowest BCUT2D eigenvalue weighted by molar-refractivity contribution is 0.477. The molecule has 2 N–H and O–H groups in total. The van der Waals surface area contributed by atoms with Crippen molar-refractivity contribution in [2.24, 2.45) is 0 Å². The van der Waals surface area contributed by atoms with E-state index in [2.05, 4.69) is 20.6 Å². The number of aromatic nitrogens is 2. The van der Waals surface area contributed by atoms with E-state index in [0.29, 0.717) is 35.6 Å². The summed E-state index contributed by atoms with van der Waals surface area (Å²) in [5, 5.41) is 8.48. The van der Waals surface area contributed by atoms with Gasteiger partial charge in [-0.15, -0.1) is 11.3 Å². The molecule has 0 bridgehead atoms. The summed E-state index contributed by atoms with van der Waals surface area (Å²) in [5.41, 5.74) is 1.76. The van der Waals surface area contributed by atoms with Crippen LogP contribution in [0.25, 0.3) is 10.6 Å². The number of nitrogens with zero attached hydrogens (tertiary/aromatic N) is 3. The Labute approximate surface area is 185 Å². The molecule has 1 fully saturated rings. The number of nitrogens with one attached hydrogen (secondary N) is 2. The standard InChI is InChI=1S/C20H21N5O2S3/c26-30(27,25-11-1-2-12-25)16-7-5-15(6-8-16)14-22-20(28)24-19-21-10-9-17(23-19)18-4-3-13-29-18/h3-10,13H,1-2,11-12,14H2,(H2,21,22,23,24,28). The number of sulfonamides is 1. The Morgan fingerprint density at radius 3 is 2.60 bits per heavy atom. The molecule has 156 valence electrons. The second-order valence-corrected chi connectivity index (χ2v) is 10.1. The van der Waals surface area contributed by atoms with Crippen LogP contribution in [0.3, 0.4) is 0 Å². The number of hydrogen-bond acceptors (Lipinski definition) is 6. The van der Waals surface area contributed by atoms with Gasteiger partial charge in [0.25, 0.3) is 0 Å². The molecule has 0 unspecified atom stereocenters. The fraction of sp³-hybridized carbons (Fsp3) is 0.250. The summed E-state index contributed by atoms with van der Waals surface area (Å²) < 4.78 is 26.7. The van der Waals surface area contributed by atoms with Gasteiger partial charge < -0.3 is 10.6 Å². The van der Waals surface area contributed by atoms with Crippen molar-refractivity contribution >= 4 is 44.6 Å². The molecule has 10 heteroatoms. The number of thiophene rings is 1. The molecule has 1 saturated heterocycles. The lowest BCUT2D eigenvalue weighted by atomic mass is 10.2. The number of hydrogen-bond donors (Lipinski definition) is 2. The predicted octanol–water partition coefficient (Wildman–Crippen LogP) is 3.48. The summed E-state index contributed by atoms with van der Waals surface area (Å²) in [5.74, 6) is 0.422. The topological polar surface area (TPSA) is 87.2 Å². The minimum absolute atomic E-state index is 0.327. The van der Waals surface area contributed by atoms with E-state index in [0.717, 1.165) is 29.0 Å².